The van der Waals surface area contributed by atoms with Crippen molar-refractivity contribution in [1.29, 1.82) is 0 Å². The minimum absolute atomic E-state index is 0.0420. The third-order valence-corrected chi connectivity index (χ3v) is 7.53. The van der Waals surface area contributed by atoms with Crippen molar-refractivity contribution in [1.82, 2.24) is 5.23 Å². The molecule has 0 aromatic heterocycles. The molecule has 2 saturated heterocycles. The van der Waals surface area contributed by atoms with Gasteiger partial charge in [0, 0.05) is 6.42 Å². The Morgan fingerprint density at radius 2 is 1.64 bits per heavy atom. The molecule has 6 atom stereocenters. The molecular weight excluding hydrogens is 426 g/mol. The number of carbonyl (C=O) groups excluding carboxylic acids is 2. The summed E-state index contributed by atoms with van der Waals surface area (Å²) in [5.41, 5.74) is 1.26. The Balaban J connectivity index is 1.46. The van der Waals surface area contributed by atoms with E-state index in [1.807, 2.05) is 6.07 Å². The van der Waals surface area contributed by atoms with Gasteiger partial charge in [-0.3, -0.25) is 9.63 Å². The van der Waals surface area contributed by atoms with Crippen LogP contribution >= 0.6 is 0 Å². The summed E-state index contributed by atoms with van der Waals surface area (Å²) >= 11 is 0. The van der Waals surface area contributed by atoms with Gasteiger partial charge in [-0.05, 0) is 36.2 Å². The number of hydroxylamine groups is 2. The molecule has 1 saturated carbocycles. The zero-order valence-corrected chi connectivity index (χ0v) is 19.9. The fourth-order valence-corrected chi connectivity index (χ4v) is 5.63. The van der Waals surface area contributed by atoms with Gasteiger partial charge in [-0.2, -0.15) is 0 Å². The summed E-state index contributed by atoms with van der Waals surface area (Å²) in [5.74, 6) is -1.60. The lowest BCUT2D eigenvalue weighted by Crippen LogP contribution is -2.48. The van der Waals surface area contributed by atoms with Crippen LogP contribution in [0.5, 0.6) is 0 Å². The maximum atomic E-state index is 12.4. The van der Waals surface area contributed by atoms with Crippen LogP contribution in [0.1, 0.15) is 57.9 Å². The number of hydrogen-bond donors (Lipinski definition) is 0. The van der Waals surface area contributed by atoms with Crippen LogP contribution in [-0.4, -0.2) is 55.9 Å². The van der Waals surface area contributed by atoms with E-state index in [9.17, 15) is 9.59 Å². The molecule has 3 fully saturated rings. The highest BCUT2D eigenvalue weighted by molar-refractivity contribution is 5.84. The van der Waals surface area contributed by atoms with Gasteiger partial charge in [0.2, 0.25) is 0 Å². The van der Waals surface area contributed by atoms with Crippen molar-refractivity contribution in [3.8, 4) is 0 Å². The minimum Gasteiger partial charge on any atom is -0.469 e. The third-order valence-electron chi connectivity index (χ3n) is 7.53. The lowest BCUT2D eigenvalue weighted by molar-refractivity contribution is -0.439. The number of fused-ring (bicyclic) bond motifs is 1. The average molecular weight is 462 g/mol. The topological polar surface area (TPSA) is 83.5 Å². The molecule has 3 aliphatic rings. The lowest BCUT2D eigenvalue weighted by atomic mass is 9.66. The van der Waals surface area contributed by atoms with Gasteiger partial charge in [0.25, 0.3) is 0 Å². The van der Waals surface area contributed by atoms with Gasteiger partial charge in [0.15, 0.2) is 12.4 Å². The van der Waals surface area contributed by atoms with Crippen molar-refractivity contribution in [3.05, 3.63) is 35.9 Å². The van der Waals surface area contributed by atoms with Crippen molar-refractivity contribution in [3.63, 3.8) is 0 Å². The van der Waals surface area contributed by atoms with E-state index in [-0.39, 0.29) is 11.5 Å². The van der Waals surface area contributed by atoms with Crippen molar-refractivity contribution in [2.24, 2.45) is 11.8 Å². The maximum Gasteiger partial charge on any atom is 0.338 e. The highest BCUT2D eigenvalue weighted by Gasteiger charge is 2.55. The Bertz CT molecular complexity index is 829. The smallest absolute Gasteiger partial charge is 0.338 e. The van der Waals surface area contributed by atoms with Crippen LogP contribution < -0.4 is 0 Å². The van der Waals surface area contributed by atoms with E-state index in [2.05, 4.69) is 38.1 Å². The van der Waals surface area contributed by atoms with E-state index >= 15 is 0 Å². The number of carbonyl (C=O) groups is 2. The highest BCUT2D eigenvalue weighted by Crippen LogP contribution is 2.44. The van der Waals surface area contributed by atoms with E-state index in [0.29, 0.717) is 18.8 Å². The van der Waals surface area contributed by atoms with Crippen LogP contribution in [0, 0.1) is 11.8 Å². The molecule has 0 N–H and O–H groups in total. The number of rotatable bonds is 6. The van der Waals surface area contributed by atoms with Crippen LogP contribution in [0.3, 0.4) is 0 Å². The van der Waals surface area contributed by atoms with E-state index in [1.54, 1.807) is 0 Å². The van der Waals surface area contributed by atoms with Gasteiger partial charge in [-0.25, -0.2) is 9.63 Å². The molecule has 0 radical (unpaired) electrons. The molecule has 1 aromatic rings. The number of hydrogen-bond acceptors (Lipinski definition) is 8. The number of methoxy groups -OCH3 is 2. The first kappa shape index (κ1) is 24.1. The summed E-state index contributed by atoms with van der Waals surface area (Å²) < 4.78 is 16.3. The molecule has 182 valence electrons. The molecule has 2 aliphatic heterocycles. The first-order chi connectivity index (χ1) is 15.9. The van der Waals surface area contributed by atoms with Crippen LogP contribution in [0.15, 0.2) is 30.3 Å². The summed E-state index contributed by atoms with van der Waals surface area (Å²) in [6.45, 7) is 4.58. The van der Waals surface area contributed by atoms with Gasteiger partial charge < -0.3 is 14.2 Å². The fourth-order valence-electron chi connectivity index (χ4n) is 5.63. The van der Waals surface area contributed by atoms with Gasteiger partial charge in [0.05, 0.1) is 26.4 Å². The van der Waals surface area contributed by atoms with Crippen LogP contribution in [-0.2, 0) is 38.9 Å². The van der Waals surface area contributed by atoms with Crippen LogP contribution in [0.2, 0.25) is 0 Å². The molecule has 1 aliphatic carbocycles. The largest absolute Gasteiger partial charge is 0.469 e. The first-order valence-corrected chi connectivity index (χ1v) is 11.9. The highest BCUT2D eigenvalue weighted by atomic mass is 17.0. The molecular formula is C25H35NO7. The van der Waals surface area contributed by atoms with Gasteiger partial charge in [-0.15, -0.1) is 0 Å². The molecule has 8 heteroatoms. The number of benzene rings is 1. The van der Waals surface area contributed by atoms with Gasteiger partial charge in [0.1, 0.15) is 5.92 Å². The zero-order valence-electron chi connectivity index (χ0n) is 19.9. The van der Waals surface area contributed by atoms with Crippen molar-refractivity contribution >= 4 is 11.9 Å². The molecule has 0 amide bonds. The third kappa shape index (κ3) is 4.80. The van der Waals surface area contributed by atoms with E-state index in [1.165, 1.54) is 31.4 Å². The number of esters is 2. The van der Waals surface area contributed by atoms with Gasteiger partial charge in [-0.1, -0.05) is 62.2 Å². The monoisotopic (exact) mass is 461 g/mol. The standard InChI is InChI=1S/C25H35NO7/c1-25(2,16-10-6-5-7-11-16)17-12-8-9-13-19(17)31-20-15-14-18-21(23(27)29-3)22(24(28)30-4)33-26(18)32-20/h5-7,10-11,17-22H,8-9,12-15H2,1-4H3/t17-,18+,19-,20+,21+,22-/m0/s1. The SMILES string of the molecule is COC(=O)[C@H]1[C@@H](C(=O)OC)ON2O[C@@H](O[C@H]3CCCC[C@@H]3C(C)(C)c3ccccc3)CC[C@H]12. The molecule has 8 nitrogen and oxygen atoms in total. The maximum absolute atomic E-state index is 12.4. The average Bonchev–Trinajstić information content (AvgIpc) is 3.22. The minimum atomic E-state index is -1.09. The van der Waals surface area contributed by atoms with E-state index < -0.39 is 36.3 Å². The summed E-state index contributed by atoms with van der Waals surface area (Å²) in [7, 11) is 2.56. The van der Waals surface area contributed by atoms with E-state index in [4.69, 9.17) is 23.9 Å². The second kappa shape index (κ2) is 10.1. The van der Waals surface area contributed by atoms with Crippen molar-refractivity contribution in [2.45, 2.75) is 82.3 Å². The molecule has 4 rings (SSSR count). The summed E-state index contributed by atoms with van der Waals surface area (Å²) in [6.07, 6.45) is 4.00. The summed E-state index contributed by atoms with van der Waals surface area (Å²) in [5, 5.41) is 1.26. The first-order valence-electron chi connectivity index (χ1n) is 11.9. The van der Waals surface area contributed by atoms with Crippen LogP contribution in [0.25, 0.3) is 0 Å². The number of nitrogens with zero attached hydrogens (tertiary/aromatic N) is 1. The second-order valence-electron chi connectivity index (χ2n) is 9.72. The Labute approximate surface area is 195 Å². The normalized spacial score (nSPS) is 32.7. The van der Waals surface area contributed by atoms with Crippen molar-refractivity contribution in [2.75, 3.05) is 14.2 Å². The summed E-state index contributed by atoms with van der Waals surface area (Å²) in [6, 6.07) is 10.2. The molecule has 33 heavy (non-hydrogen) atoms. The Kier molecular flexibility index (Phi) is 7.38. The van der Waals surface area contributed by atoms with Gasteiger partial charge >= 0.3 is 11.9 Å². The van der Waals surface area contributed by atoms with E-state index in [0.717, 1.165) is 19.3 Å². The van der Waals surface area contributed by atoms with Crippen LogP contribution in [0.4, 0.5) is 0 Å². The molecule has 2 heterocycles. The Morgan fingerprint density at radius 1 is 0.939 bits per heavy atom. The molecule has 0 unspecified atom stereocenters. The quantitative estimate of drug-likeness (QED) is 0.595. The number of ether oxygens (including phenoxy) is 3. The molecule has 0 bridgehead atoms. The predicted molar refractivity (Wildman–Crippen MR) is 118 cm³/mol. The second-order valence-corrected chi connectivity index (χ2v) is 9.72. The summed E-state index contributed by atoms with van der Waals surface area (Å²) in [4.78, 5) is 36.3. The predicted octanol–water partition coefficient (Wildman–Crippen LogP) is 3.54. The molecule has 0 spiro atoms. The van der Waals surface area contributed by atoms with Crippen molar-refractivity contribution < 1.29 is 33.5 Å². The zero-order chi connectivity index (χ0) is 23.6. The Morgan fingerprint density at radius 3 is 2.33 bits per heavy atom. The fraction of sp³-hybridized carbons (Fsp3) is 0.680. The lowest BCUT2D eigenvalue weighted by Gasteiger charge is -2.44. The Hall–Kier alpha value is -2.00. The molecule has 1 aromatic carbocycles.